The molecule has 0 aliphatic heterocycles. The van der Waals surface area contributed by atoms with E-state index in [1.807, 2.05) is 42.5 Å². The van der Waals surface area contributed by atoms with Crippen molar-refractivity contribution >= 4 is 11.0 Å². The molecular formula is C55H51N3O2. The van der Waals surface area contributed by atoms with Gasteiger partial charge in [0, 0.05) is 22.9 Å². The van der Waals surface area contributed by atoms with E-state index >= 15 is 0 Å². The second kappa shape index (κ2) is 14.1. The number of rotatable bonds is 6. The summed E-state index contributed by atoms with van der Waals surface area (Å²) in [5.74, 6) is 2.07. The second-order valence-electron chi connectivity index (χ2n) is 19.1. The van der Waals surface area contributed by atoms with Crippen molar-refractivity contribution in [1.29, 1.82) is 0 Å². The molecule has 0 saturated heterocycles. The van der Waals surface area contributed by atoms with Gasteiger partial charge >= 0.3 is 0 Å². The maximum atomic E-state index is 11.1. The van der Waals surface area contributed by atoms with Crippen molar-refractivity contribution in [1.82, 2.24) is 14.5 Å². The monoisotopic (exact) mass is 785 g/mol. The SMILES string of the molecule is CC(C)(C)c1ccc(-c2cc(Oc3cccc4c3nc(-c3ccc5c(c3)CC3(Cc6ccccc6C3)C5)n4-c3ccccc3)nc(-c3ccccc3O)c2)c(C(C)(C)C)c1. The molecule has 2 aromatic heterocycles. The molecule has 2 aliphatic carbocycles. The summed E-state index contributed by atoms with van der Waals surface area (Å²) >= 11 is 0. The molecular weight excluding hydrogens is 735 g/mol. The molecule has 298 valence electrons. The highest BCUT2D eigenvalue weighted by atomic mass is 16.5. The van der Waals surface area contributed by atoms with Crippen LogP contribution in [0.1, 0.15) is 74.9 Å². The number of pyridine rings is 1. The Morgan fingerprint density at radius 1 is 0.567 bits per heavy atom. The Bertz CT molecular complexity index is 2920. The first-order chi connectivity index (χ1) is 28.8. The van der Waals surface area contributed by atoms with Crippen molar-refractivity contribution in [3.8, 4) is 56.8 Å². The number of para-hydroxylation sites is 3. The van der Waals surface area contributed by atoms with Gasteiger partial charge in [-0.15, -0.1) is 0 Å². The smallest absolute Gasteiger partial charge is 0.220 e. The summed E-state index contributed by atoms with van der Waals surface area (Å²) < 4.78 is 9.15. The van der Waals surface area contributed by atoms with Crippen LogP contribution in [-0.2, 0) is 36.5 Å². The molecule has 60 heavy (non-hydrogen) atoms. The third-order valence-corrected chi connectivity index (χ3v) is 12.7. The van der Waals surface area contributed by atoms with E-state index in [-0.39, 0.29) is 22.0 Å². The predicted octanol–water partition coefficient (Wildman–Crippen LogP) is 13.4. The molecule has 0 atom stereocenters. The van der Waals surface area contributed by atoms with Gasteiger partial charge in [-0.3, -0.25) is 4.57 Å². The number of imidazole rings is 1. The molecule has 2 aliphatic rings. The number of ether oxygens (including phenoxy) is 1. The number of benzene rings is 6. The minimum absolute atomic E-state index is 0.00273. The molecule has 0 saturated carbocycles. The molecule has 0 radical (unpaired) electrons. The summed E-state index contributed by atoms with van der Waals surface area (Å²) in [6, 6.07) is 50.8. The number of nitrogens with zero attached hydrogens (tertiary/aromatic N) is 3. The van der Waals surface area contributed by atoms with Gasteiger partial charge in [0.05, 0.1) is 11.2 Å². The number of phenols is 1. The van der Waals surface area contributed by atoms with E-state index < -0.39 is 0 Å². The van der Waals surface area contributed by atoms with E-state index in [0.29, 0.717) is 22.9 Å². The number of aromatic nitrogens is 3. The molecule has 0 bridgehead atoms. The Morgan fingerprint density at radius 2 is 1.25 bits per heavy atom. The highest BCUT2D eigenvalue weighted by Gasteiger charge is 2.42. The van der Waals surface area contributed by atoms with Crippen LogP contribution in [-0.4, -0.2) is 19.6 Å². The highest BCUT2D eigenvalue weighted by molar-refractivity contribution is 5.88. The van der Waals surface area contributed by atoms with Crippen LogP contribution < -0.4 is 4.74 Å². The third kappa shape index (κ3) is 6.76. The Balaban J connectivity index is 1.09. The van der Waals surface area contributed by atoms with Crippen LogP contribution >= 0.6 is 0 Å². The normalized spacial score (nSPS) is 14.4. The summed E-state index contributed by atoms with van der Waals surface area (Å²) in [4.78, 5) is 10.5. The average molecular weight is 786 g/mol. The summed E-state index contributed by atoms with van der Waals surface area (Å²) in [6.45, 7) is 13.5. The van der Waals surface area contributed by atoms with E-state index in [1.54, 1.807) is 6.07 Å². The van der Waals surface area contributed by atoms with Crippen LogP contribution in [0.2, 0.25) is 0 Å². The van der Waals surface area contributed by atoms with Crippen LogP contribution in [0.3, 0.4) is 0 Å². The van der Waals surface area contributed by atoms with Crippen molar-refractivity contribution < 1.29 is 9.84 Å². The number of hydrogen-bond donors (Lipinski definition) is 1. The fraction of sp³-hybridized carbons (Fsp3) is 0.236. The number of hydrogen-bond acceptors (Lipinski definition) is 4. The lowest BCUT2D eigenvalue weighted by molar-refractivity contribution is 0.326. The molecule has 0 amide bonds. The Morgan fingerprint density at radius 3 is 1.97 bits per heavy atom. The highest BCUT2D eigenvalue weighted by Crippen LogP contribution is 2.48. The fourth-order valence-corrected chi connectivity index (χ4v) is 9.72. The molecule has 5 nitrogen and oxygen atoms in total. The van der Waals surface area contributed by atoms with E-state index in [4.69, 9.17) is 14.7 Å². The van der Waals surface area contributed by atoms with Gasteiger partial charge in [0.25, 0.3) is 0 Å². The minimum Gasteiger partial charge on any atom is -0.507 e. The zero-order valence-electron chi connectivity index (χ0n) is 35.4. The van der Waals surface area contributed by atoms with Gasteiger partial charge in [-0.2, -0.15) is 0 Å². The van der Waals surface area contributed by atoms with Gasteiger partial charge in [-0.05, 0) is 135 Å². The molecule has 8 aromatic rings. The van der Waals surface area contributed by atoms with E-state index in [0.717, 1.165) is 64.9 Å². The summed E-state index contributed by atoms with van der Waals surface area (Å²) in [5, 5.41) is 11.1. The summed E-state index contributed by atoms with van der Waals surface area (Å²) in [5.41, 5.74) is 15.7. The van der Waals surface area contributed by atoms with E-state index in [9.17, 15) is 5.11 Å². The van der Waals surface area contributed by atoms with Gasteiger partial charge in [-0.1, -0.05) is 133 Å². The molecule has 2 heterocycles. The molecule has 6 aromatic carbocycles. The molecule has 5 heteroatoms. The van der Waals surface area contributed by atoms with Gasteiger partial charge in [0.15, 0.2) is 5.75 Å². The maximum Gasteiger partial charge on any atom is 0.220 e. The first-order valence-electron chi connectivity index (χ1n) is 21.2. The maximum absolute atomic E-state index is 11.1. The van der Waals surface area contributed by atoms with Gasteiger partial charge < -0.3 is 9.84 Å². The van der Waals surface area contributed by atoms with Crippen molar-refractivity contribution in [3.05, 3.63) is 179 Å². The van der Waals surface area contributed by atoms with Crippen LogP contribution in [0, 0.1) is 5.41 Å². The van der Waals surface area contributed by atoms with Crippen molar-refractivity contribution in [2.75, 3.05) is 0 Å². The molecule has 1 N–H and O–H groups in total. The zero-order valence-corrected chi connectivity index (χ0v) is 35.4. The first-order valence-corrected chi connectivity index (χ1v) is 21.2. The standard InChI is InChI=1S/C55H51N3O2/c1-53(2,3)41-25-26-43(45(30-41)54(4,5)6)39-28-46(44-19-12-13-21-48(44)59)56-50(29-39)60-49-22-14-20-47-51(49)57-52(58(47)42-17-8-7-9-18-42)35-23-24-38-33-55(34-40(38)27-35)31-36-15-10-11-16-37(36)32-55/h7-30,59H,31-34H2,1-6H3. The quantitative estimate of drug-likeness (QED) is 0.182. The lowest BCUT2D eigenvalue weighted by Crippen LogP contribution is -2.21. The van der Waals surface area contributed by atoms with Crippen molar-refractivity contribution in [2.45, 2.75) is 78.1 Å². The largest absolute Gasteiger partial charge is 0.507 e. The number of aromatic hydroxyl groups is 1. The Hall–Kier alpha value is -6.46. The third-order valence-electron chi connectivity index (χ3n) is 12.7. The molecule has 0 unspecified atom stereocenters. The van der Waals surface area contributed by atoms with Crippen LogP contribution in [0.25, 0.3) is 50.5 Å². The molecule has 10 rings (SSSR count). The van der Waals surface area contributed by atoms with Crippen molar-refractivity contribution in [2.24, 2.45) is 5.41 Å². The topological polar surface area (TPSA) is 60.2 Å². The van der Waals surface area contributed by atoms with Crippen LogP contribution in [0.5, 0.6) is 17.4 Å². The van der Waals surface area contributed by atoms with Gasteiger partial charge in [0.1, 0.15) is 17.1 Å². The molecule has 1 spiro atoms. The van der Waals surface area contributed by atoms with Crippen LogP contribution in [0.4, 0.5) is 0 Å². The number of phenolic OH excluding ortho intramolecular Hbond substituents is 1. The first kappa shape index (κ1) is 37.8. The van der Waals surface area contributed by atoms with E-state index in [1.165, 1.54) is 33.4 Å². The van der Waals surface area contributed by atoms with Crippen molar-refractivity contribution in [3.63, 3.8) is 0 Å². The summed E-state index contributed by atoms with van der Waals surface area (Å²) in [6.07, 6.45) is 4.45. The predicted molar refractivity (Wildman–Crippen MR) is 244 cm³/mol. The van der Waals surface area contributed by atoms with E-state index in [2.05, 4.69) is 143 Å². The Kier molecular flexibility index (Phi) is 8.87. The number of fused-ring (bicyclic) bond motifs is 3. The average Bonchev–Trinajstić information content (AvgIpc) is 3.91. The second-order valence-corrected chi connectivity index (χ2v) is 19.1. The fourth-order valence-electron chi connectivity index (χ4n) is 9.72. The van der Waals surface area contributed by atoms with Gasteiger partial charge in [0.2, 0.25) is 5.88 Å². The van der Waals surface area contributed by atoms with Gasteiger partial charge in [-0.25, -0.2) is 9.97 Å². The zero-order chi connectivity index (χ0) is 41.4. The molecule has 0 fully saturated rings. The summed E-state index contributed by atoms with van der Waals surface area (Å²) in [7, 11) is 0. The van der Waals surface area contributed by atoms with Crippen LogP contribution in [0.15, 0.2) is 146 Å². The lowest BCUT2D eigenvalue weighted by atomic mass is 9.77. The minimum atomic E-state index is -0.136. The Labute approximate surface area is 353 Å². The lowest BCUT2D eigenvalue weighted by Gasteiger charge is -2.28.